The van der Waals surface area contributed by atoms with Gasteiger partial charge in [0.05, 0.1) is 5.69 Å². The van der Waals surface area contributed by atoms with Crippen molar-refractivity contribution in [3.05, 3.63) is 29.7 Å². The maximum absolute atomic E-state index is 12.2. The maximum Gasteiger partial charge on any atom is 0.227 e. The van der Waals surface area contributed by atoms with Crippen LogP contribution in [0.15, 0.2) is 18.3 Å². The van der Waals surface area contributed by atoms with Gasteiger partial charge in [0.25, 0.3) is 0 Å². The van der Waals surface area contributed by atoms with Crippen LogP contribution in [0.4, 0.5) is 5.95 Å². The molecule has 1 fully saturated rings. The molecule has 0 atom stereocenters. The van der Waals surface area contributed by atoms with E-state index < -0.39 is 0 Å². The average molecular weight is 356 g/mol. The van der Waals surface area contributed by atoms with Crippen LogP contribution in [0.1, 0.15) is 44.0 Å². The molecule has 0 aliphatic carbocycles. The lowest BCUT2D eigenvalue weighted by molar-refractivity contribution is -0.125. The Labute approximate surface area is 154 Å². The second-order valence-electron chi connectivity index (χ2n) is 6.96. The minimum Gasteiger partial charge on any atom is -0.356 e. The number of aromatic nitrogens is 4. The number of rotatable bonds is 6. The fraction of sp³-hybridized carbons (Fsp3) is 0.579. The van der Waals surface area contributed by atoms with E-state index in [-0.39, 0.29) is 11.8 Å². The summed E-state index contributed by atoms with van der Waals surface area (Å²) in [5, 5.41) is 7.54. The van der Waals surface area contributed by atoms with Crippen molar-refractivity contribution in [1.29, 1.82) is 0 Å². The van der Waals surface area contributed by atoms with Gasteiger partial charge in [-0.1, -0.05) is 13.3 Å². The lowest BCUT2D eigenvalue weighted by Crippen LogP contribution is -2.41. The molecule has 1 amide bonds. The van der Waals surface area contributed by atoms with Crippen LogP contribution in [-0.2, 0) is 4.79 Å². The third-order valence-electron chi connectivity index (χ3n) is 4.83. The van der Waals surface area contributed by atoms with Crippen LogP contribution >= 0.6 is 0 Å². The number of aryl methyl sites for hydroxylation is 2. The summed E-state index contributed by atoms with van der Waals surface area (Å²) in [6.45, 7) is 8.50. The van der Waals surface area contributed by atoms with Gasteiger partial charge in [-0.05, 0) is 39.2 Å². The Morgan fingerprint density at radius 3 is 2.73 bits per heavy atom. The Morgan fingerprint density at radius 1 is 1.31 bits per heavy atom. The predicted octanol–water partition coefficient (Wildman–Crippen LogP) is 2.41. The molecule has 2 aromatic heterocycles. The van der Waals surface area contributed by atoms with Gasteiger partial charge in [-0.2, -0.15) is 10.1 Å². The van der Waals surface area contributed by atoms with Crippen molar-refractivity contribution in [1.82, 2.24) is 25.1 Å². The molecule has 26 heavy (non-hydrogen) atoms. The molecule has 7 nitrogen and oxygen atoms in total. The molecule has 7 heteroatoms. The Hall–Kier alpha value is -2.44. The van der Waals surface area contributed by atoms with Gasteiger partial charge in [0.1, 0.15) is 0 Å². The number of nitrogens with one attached hydrogen (secondary N) is 1. The number of hydrogen-bond donors (Lipinski definition) is 1. The van der Waals surface area contributed by atoms with Crippen LogP contribution in [0.3, 0.4) is 0 Å². The highest BCUT2D eigenvalue weighted by Gasteiger charge is 2.26. The molecule has 0 unspecified atom stereocenters. The van der Waals surface area contributed by atoms with Crippen molar-refractivity contribution >= 4 is 11.9 Å². The molecular formula is C19H28N6O. The zero-order valence-electron chi connectivity index (χ0n) is 15.9. The van der Waals surface area contributed by atoms with Gasteiger partial charge in [-0.25, -0.2) is 9.67 Å². The van der Waals surface area contributed by atoms with E-state index in [2.05, 4.69) is 32.2 Å². The monoisotopic (exact) mass is 356 g/mol. The van der Waals surface area contributed by atoms with Crippen molar-refractivity contribution < 1.29 is 4.79 Å². The zero-order chi connectivity index (χ0) is 18.5. The highest BCUT2D eigenvalue weighted by atomic mass is 16.1. The van der Waals surface area contributed by atoms with E-state index >= 15 is 0 Å². The van der Waals surface area contributed by atoms with Crippen LogP contribution in [0.2, 0.25) is 0 Å². The normalized spacial score (nSPS) is 15.3. The number of piperidine rings is 1. The smallest absolute Gasteiger partial charge is 0.227 e. The summed E-state index contributed by atoms with van der Waals surface area (Å²) in [4.78, 5) is 23.5. The zero-order valence-corrected chi connectivity index (χ0v) is 15.9. The molecule has 0 saturated carbocycles. The number of anilines is 1. The van der Waals surface area contributed by atoms with Gasteiger partial charge in [0, 0.05) is 43.5 Å². The number of amides is 1. The summed E-state index contributed by atoms with van der Waals surface area (Å²) in [5.41, 5.74) is 2.02. The fourth-order valence-electron chi connectivity index (χ4n) is 3.34. The van der Waals surface area contributed by atoms with Gasteiger partial charge in [-0.3, -0.25) is 4.79 Å². The Morgan fingerprint density at radius 2 is 2.08 bits per heavy atom. The van der Waals surface area contributed by atoms with E-state index in [0.29, 0.717) is 5.95 Å². The predicted molar refractivity (Wildman–Crippen MR) is 101 cm³/mol. The first-order valence-electron chi connectivity index (χ1n) is 9.48. The first-order chi connectivity index (χ1) is 12.6. The molecule has 0 aromatic carbocycles. The topological polar surface area (TPSA) is 75.9 Å². The summed E-state index contributed by atoms with van der Waals surface area (Å²) in [6, 6.07) is 3.90. The summed E-state index contributed by atoms with van der Waals surface area (Å²) in [7, 11) is 0. The Kier molecular flexibility index (Phi) is 5.85. The van der Waals surface area contributed by atoms with E-state index in [9.17, 15) is 4.79 Å². The Balaban J connectivity index is 1.62. The summed E-state index contributed by atoms with van der Waals surface area (Å²) in [5.74, 6) is 1.78. The van der Waals surface area contributed by atoms with Gasteiger partial charge in [0.15, 0.2) is 5.82 Å². The minimum atomic E-state index is 0.0994. The standard InChI is InChI=1S/C19H28N6O/c1-4-5-9-20-18(26)16-7-11-24(12-8-16)19-21-10-6-17(22-19)25-15(3)13-14(2)23-25/h6,10,13,16H,4-5,7-9,11-12H2,1-3H3,(H,20,26). The van der Waals surface area contributed by atoms with Crippen LogP contribution in [0.5, 0.6) is 0 Å². The number of carbonyl (C=O) groups is 1. The van der Waals surface area contributed by atoms with Crippen molar-refractivity contribution in [2.45, 2.75) is 46.5 Å². The molecule has 0 radical (unpaired) electrons. The molecule has 1 aliphatic rings. The largest absolute Gasteiger partial charge is 0.356 e. The molecule has 1 aliphatic heterocycles. The average Bonchev–Trinajstić information content (AvgIpc) is 3.00. The fourth-order valence-corrected chi connectivity index (χ4v) is 3.34. The van der Waals surface area contributed by atoms with Gasteiger partial charge in [0.2, 0.25) is 11.9 Å². The molecule has 3 heterocycles. The highest BCUT2D eigenvalue weighted by molar-refractivity contribution is 5.78. The van der Waals surface area contributed by atoms with Crippen LogP contribution in [0, 0.1) is 19.8 Å². The lowest BCUT2D eigenvalue weighted by atomic mass is 9.96. The van der Waals surface area contributed by atoms with Crippen LogP contribution in [-0.4, -0.2) is 45.3 Å². The van der Waals surface area contributed by atoms with E-state index in [0.717, 1.165) is 62.5 Å². The second kappa shape index (κ2) is 8.29. The molecule has 0 spiro atoms. The maximum atomic E-state index is 12.2. The number of hydrogen-bond acceptors (Lipinski definition) is 5. The van der Waals surface area contributed by atoms with Crippen LogP contribution < -0.4 is 10.2 Å². The van der Waals surface area contributed by atoms with Crippen molar-refractivity contribution in [3.63, 3.8) is 0 Å². The minimum absolute atomic E-state index is 0.0994. The molecular weight excluding hydrogens is 328 g/mol. The van der Waals surface area contributed by atoms with Crippen LogP contribution in [0.25, 0.3) is 5.82 Å². The van der Waals surface area contributed by atoms with Crippen molar-refractivity contribution in [2.24, 2.45) is 5.92 Å². The second-order valence-corrected chi connectivity index (χ2v) is 6.96. The SMILES string of the molecule is CCCCNC(=O)C1CCN(c2nccc(-n3nc(C)cc3C)n2)CC1. The van der Waals surface area contributed by atoms with E-state index in [4.69, 9.17) is 0 Å². The molecule has 140 valence electrons. The van der Waals surface area contributed by atoms with E-state index in [1.807, 2.05) is 30.7 Å². The number of carbonyl (C=O) groups excluding carboxylic acids is 1. The molecule has 3 rings (SSSR count). The molecule has 2 aromatic rings. The van der Waals surface area contributed by atoms with Crippen molar-refractivity contribution in [3.8, 4) is 5.82 Å². The number of unbranched alkanes of at least 4 members (excludes halogenated alkanes) is 1. The summed E-state index contributed by atoms with van der Waals surface area (Å²) < 4.78 is 1.84. The summed E-state index contributed by atoms with van der Waals surface area (Å²) >= 11 is 0. The highest BCUT2D eigenvalue weighted by Crippen LogP contribution is 2.21. The quantitative estimate of drug-likeness (QED) is 0.805. The number of nitrogens with zero attached hydrogens (tertiary/aromatic N) is 5. The third kappa shape index (κ3) is 4.20. The van der Waals surface area contributed by atoms with Crippen molar-refractivity contribution in [2.75, 3.05) is 24.5 Å². The third-order valence-corrected chi connectivity index (χ3v) is 4.83. The molecule has 1 saturated heterocycles. The molecule has 1 N–H and O–H groups in total. The Bertz CT molecular complexity index is 748. The van der Waals surface area contributed by atoms with E-state index in [1.54, 1.807) is 6.20 Å². The molecule has 0 bridgehead atoms. The van der Waals surface area contributed by atoms with Gasteiger partial charge >= 0.3 is 0 Å². The summed E-state index contributed by atoms with van der Waals surface area (Å²) in [6.07, 6.45) is 5.59. The lowest BCUT2D eigenvalue weighted by Gasteiger charge is -2.31. The van der Waals surface area contributed by atoms with E-state index in [1.165, 1.54) is 0 Å². The first-order valence-corrected chi connectivity index (χ1v) is 9.48. The first kappa shape index (κ1) is 18.4. The van der Waals surface area contributed by atoms with Gasteiger partial charge in [-0.15, -0.1) is 0 Å². The van der Waals surface area contributed by atoms with Gasteiger partial charge < -0.3 is 10.2 Å².